The van der Waals surface area contributed by atoms with Crippen molar-refractivity contribution >= 4 is 23.3 Å². The molecule has 0 fully saturated rings. The lowest BCUT2D eigenvalue weighted by Crippen LogP contribution is -2.39. The molecular formula is C18H20ClN3O3. The summed E-state index contributed by atoms with van der Waals surface area (Å²) in [5, 5.41) is 7.33. The number of aromatic nitrogens is 2. The molecule has 1 heterocycles. The standard InChI is InChI=1S/C18H20ClN3O3/c1-18(2,3)15(23)10-20-16(24)11-22-17(25)9-8-14(21-22)12-4-6-13(19)7-5-12/h4-9H,10-11H2,1-3H3,(H,20,24). The summed E-state index contributed by atoms with van der Waals surface area (Å²) in [7, 11) is 0. The van der Waals surface area contributed by atoms with Gasteiger partial charge in [-0.15, -0.1) is 0 Å². The van der Waals surface area contributed by atoms with E-state index in [4.69, 9.17) is 11.6 Å². The van der Waals surface area contributed by atoms with Crippen LogP contribution in [0.2, 0.25) is 5.02 Å². The number of amides is 1. The van der Waals surface area contributed by atoms with Crippen molar-refractivity contribution < 1.29 is 9.59 Å². The Hall–Kier alpha value is -2.47. The van der Waals surface area contributed by atoms with Gasteiger partial charge < -0.3 is 5.32 Å². The molecule has 0 unspecified atom stereocenters. The Morgan fingerprint density at radius 3 is 2.36 bits per heavy atom. The number of halogens is 1. The number of rotatable bonds is 5. The summed E-state index contributed by atoms with van der Waals surface area (Å²) < 4.78 is 1.07. The molecule has 0 aliphatic rings. The zero-order chi connectivity index (χ0) is 18.6. The second kappa shape index (κ2) is 7.61. The van der Waals surface area contributed by atoms with Crippen LogP contribution in [-0.4, -0.2) is 28.0 Å². The molecule has 0 aliphatic carbocycles. The summed E-state index contributed by atoms with van der Waals surface area (Å²) in [6.45, 7) is 5.01. The Kier molecular flexibility index (Phi) is 5.74. The number of carbonyl (C=O) groups excluding carboxylic acids is 2. The van der Waals surface area contributed by atoms with Gasteiger partial charge in [0.1, 0.15) is 6.54 Å². The number of hydrogen-bond donors (Lipinski definition) is 1. The van der Waals surface area contributed by atoms with Crippen LogP contribution in [0.4, 0.5) is 0 Å². The highest BCUT2D eigenvalue weighted by Crippen LogP contribution is 2.18. The minimum Gasteiger partial charge on any atom is -0.347 e. The summed E-state index contributed by atoms with van der Waals surface area (Å²) in [5.41, 5.74) is 0.406. The maximum absolute atomic E-state index is 12.0. The Balaban J connectivity index is 2.10. The third-order valence-corrected chi connectivity index (χ3v) is 3.83. The highest BCUT2D eigenvalue weighted by Gasteiger charge is 2.21. The Bertz CT molecular complexity index is 836. The van der Waals surface area contributed by atoms with E-state index >= 15 is 0 Å². The molecule has 0 aliphatic heterocycles. The van der Waals surface area contributed by atoms with E-state index in [0.29, 0.717) is 10.7 Å². The fraction of sp³-hybridized carbons (Fsp3) is 0.333. The number of hydrogen-bond acceptors (Lipinski definition) is 4. The lowest BCUT2D eigenvalue weighted by atomic mass is 9.91. The molecule has 0 bridgehead atoms. The second-order valence-corrected chi connectivity index (χ2v) is 7.11. The van der Waals surface area contributed by atoms with E-state index in [1.54, 1.807) is 51.1 Å². The van der Waals surface area contributed by atoms with Crippen LogP contribution in [0.3, 0.4) is 0 Å². The number of ketones is 1. The number of benzene rings is 1. The predicted octanol–water partition coefficient (Wildman–Crippen LogP) is 2.30. The zero-order valence-corrected chi connectivity index (χ0v) is 15.1. The SMILES string of the molecule is CC(C)(C)C(=O)CNC(=O)Cn1nc(-c2ccc(Cl)cc2)ccc1=O. The molecule has 132 valence electrons. The van der Waals surface area contributed by atoms with Crippen molar-refractivity contribution in [3.8, 4) is 11.3 Å². The van der Waals surface area contributed by atoms with Gasteiger partial charge >= 0.3 is 0 Å². The maximum Gasteiger partial charge on any atom is 0.267 e. The van der Waals surface area contributed by atoms with Gasteiger partial charge in [-0.25, -0.2) is 4.68 Å². The largest absolute Gasteiger partial charge is 0.347 e. The first kappa shape index (κ1) is 18.9. The van der Waals surface area contributed by atoms with Gasteiger partial charge in [0.15, 0.2) is 5.78 Å². The molecule has 25 heavy (non-hydrogen) atoms. The van der Waals surface area contributed by atoms with Gasteiger partial charge in [-0.2, -0.15) is 5.10 Å². The van der Waals surface area contributed by atoms with Crippen LogP contribution in [0.15, 0.2) is 41.2 Å². The van der Waals surface area contributed by atoms with Gasteiger partial charge in [0, 0.05) is 22.1 Å². The molecule has 1 aromatic heterocycles. The Morgan fingerprint density at radius 2 is 1.76 bits per heavy atom. The van der Waals surface area contributed by atoms with Crippen LogP contribution >= 0.6 is 11.6 Å². The minimum atomic E-state index is -0.531. The average molecular weight is 362 g/mol. The van der Waals surface area contributed by atoms with Crippen molar-refractivity contribution in [2.24, 2.45) is 5.41 Å². The van der Waals surface area contributed by atoms with Gasteiger partial charge in [0.2, 0.25) is 5.91 Å². The normalized spacial score (nSPS) is 11.2. The first-order valence-electron chi connectivity index (χ1n) is 7.81. The van der Waals surface area contributed by atoms with Crippen molar-refractivity contribution in [2.45, 2.75) is 27.3 Å². The van der Waals surface area contributed by atoms with E-state index in [2.05, 4.69) is 10.4 Å². The number of carbonyl (C=O) groups is 2. The van der Waals surface area contributed by atoms with E-state index in [1.165, 1.54) is 6.07 Å². The van der Waals surface area contributed by atoms with Crippen LogP contribution in [0.5, 0.6) is 0 Å². The molecule has 1 amide bonds. The predicted molar refractivity (Wildman–Crippen MR) is 96.4 cm³/mol. The third-order valence-electron chi connectivity index (χ3n) is 3.58. The molecular weight excluding hydrogens is 342 g/mol. The van der Waals surface area contributed by atoms with E-state index in [-0.39, 0.29) is 18.9 Å². The molecule has 0 spiro atoms. The second-order valence-electron chi connectivity index (χ2n) is 6.67. The van der Waals surface area contributed by atoms with Gasteiger partial charge in [-0.05, 0) is 18.2 Å². The highest BCUT2D eigenvalue weighted by molar-refractivity contribution is 6.30. The smallest absolute Gasteiger partial charge is 0.267 e. The maximum atomic E-state index is 12.0. The van der Waals surface area contributed by atoms with Gasteiger partial charge in [-0.1, -0.05) is 44.5 Å². The van der Waals surface area contributed by atoms with Crippen molar-refractivity contribution in [3.05, 3.63) is 51.8 Å². The molecule has 2 rings (SSSR count). The average Bonchev–Trinajstić information content (AvgIpc) is 2.54. The van der Waals surface area contributed by atoms with Crippen molar-refractivity contribution in [1.29, 1.82) is 0 Å². The number of Topliss-reactive ketones (excluding diaryl/α,β-unsaturated/α-hetero) is 1. The summed E-state index contributed by atoms with van der Waals surface area (Å²) in [6, 6.07) is 9.94. The van der Waals surface area contributed by atoms with Crippen LogP contribution < -0.4 is 10.9 Å². The molecule has 7 heteroatoms. The van der Waals surface area contributed by atoms with E-state index in [1.807, 2.05) is 0 Å². The van der Waals surface area contributed by atoms with Crippen molar-refractivity contribution in [2.75, 3.05) is 6.54 Å². The number of nitrogens with one attached hydrogen (secondary N) is 1. The summed E-state index contributed by atoms with van der Waals surface area (Å²) in [5.74, 6) is -0.531. The fourth-order valence-corrected chi connectivity index (χ4v) is 2.10. The topological polar surface area (TPSA) is 81.1 Å². The van der Waals surface area contributed by atoms with Crippen LogP contribution in [0.25, 0.3) is 11.3 Å². The van der Waals surface area contributed by atoms with Crippen LogP contribution in [0, 0.1) is 5.41 Å². The molecule has 0 saturated carbocycles. The van der Waals surface area contributed by atoms with Crippen LogP contribution in [0.1, 0.15) is 20.8 Å². The minimum absolute atomic E-state index is 0.0754. The summed E-state index contributed by atoms with van der Waals surface area (Å²) in [6.07, 6.45) is 0. The third kappa shape index (κ3) is 5.26. The fourth-order valence-electron chi connectivity index (χ4n) is 1.97. The first-order valence-corrected chi connectivity index (χ1v) is 8.19. The molecule has 1 aromatic carbocycles. The molecule has 0 atom stereocenters. The van der Waals surface area contributed by atoms with Crippen LogP contribution in [-0.2, 0) is 16.1 Å². The quantitative estimate of drug-likeness (QED) is 0.886. The van der Waals surface area contributed by atoms with E-state index < -0.39 is 16.9 Å². The summed E-state index contributed by atoms with van der Waals surface area (Å²) in [4.78, 5) is 35.8. The lowest BCUT2D eigenvalue weighted by molar-refractivity contribution is -0.129. The molecule has 1 N–H and O–H groups in total. The molecule has 0 radical (unpaired) electrons. The van der Waals surface area contributed by atoms with Gasteiger partial charge in [0.25, 0.3) is 5.56 Å². The van der Waals surface area contributed by atoms with Crippen molar-refractivity contribution in [1.82, 2.24) is 15.1 Å². The summed E-state index contributed by atoms with van der Waals surface area (Å²) >= 11 is 5.86. The van der Waals surface area contributed by atoms with Gasteiger partial charge in [0.05, 0.1) is 12.2 Å². The molecule has 2 aromatic rings. The molecule has 0 saturated heterocycles. The van der Waals surface area contributed by atoms with E-state index in [9.17, 15) is 14.4 Å². The Morgan fingerprint density at radius 1 is 1.12 bits per heavy atom. The lowest BCUT2D eigenvalue weighted by Gasteiger charge is -2.16. The monoisotopic (exact) mass is 361 g/mol. The zero-order valence-electron chi connectivity index (χ0n) is 14.4. The highest BCUT2D eigenvalue weighted by atomic mass is 35.5. The van der Waals surface area contributed by atoms with E-state index in [0.717, 1.165) is 10.2 Å². The number of nitrogens with zero attached hydrogens (tertiary/aromatic N) is 2. The molecule has 6 nitrogen and oxygen atoms in total. The van der Waals surface area contributed by atoms with Gasteiger partial charge in [-0.3, -0.25) is 14.4 Å². The first-order chi connectivity index (χ1) is 11.7. The Labute approximate surface area is 150 Å². The van der Waals surface area contributed by atoms with Crippen molar-refractivity contribution in [3.63, 3.8) is 0 Å².